The van der Waals surface area contributed by atoms with Crippen LogP contribution >= 0.6 is 0 Å². The molecule has 0 fully saturated rings. The normalized spacial score (nSPS) is 10.1. The van der Waals surface area contributed by atoms with Crippen molar-refractivity contribution >= 4 is 0 Å². The lowest BCUT2D eigenvalue weighted by Crippen LogP contribution is -1.95. The van der Waals surface area contributed by atoms with Crippen LogP contribution < -0.4 is 0 Å². The fourth-order valence-electron chi connectivity index (χ4n) is 1.86. The molecule has 0 aliphatic carbocycles. The van der Waals surface area contributed by atoms with E-state index in [-0.39, 0.29) is 12.5 Å². The van der Waals surface area contributed by atoms with Gasteiger partial charge in [-0.15, -0.1) is 10.2 Å². The maximum absolute atomic E-state index is 8.74. The van der Waals surface area contributed by atoms with E-state index in [0.29, 0.717) is 23.0 Å². The van der Waals surface area contributed by atoms with E-state index in [1.54, 1.807) is 6.92 Å². The zero-order chi connectivity index (χ0) is 15.4. The third-order valence-electron chi connectivity index (χ3n) is 2.90. The molecule has 0 saturated heterocycles. The van der Waals surface area contributed by atoms with Crippen LogP contribution in [0.2, 0.25) is 0 Å². The molecule has 0 aliphatic heterocycles. The molecule has 6 heteroatoms. The van der Waals surface area contributed by atoms with Crippen LogP contribution in [0, 0.1) is 18.8 Å². The third kappa shape index (κ3) is 2.85. The molecular formula is C16H12N4O2. The maximum atomic E-state index is 8.74. The number of aromatic nitrogens is 4. The number of hydrogen-bond acceptors (Lipinski definition) is 6. The molecule has 3 aromatic rings. The average Bonchev–Trinajstić information content (AvgIpc) is 3.05. The van der Waals surface area contributed by atoms with Crippen LogP contribution in [0.5, 0.6) is 0 Å². The van der Waals surface area contributed by atoms with Gasteiger partial charge in [-0.05, 0) is 25.0 Å². The first-order valence-corrected chi connectivity index (χ1v) is 6.60. The van der Waals surface area contributed by atoms with Crippen molar-refractivity contribution in [2.24, 2.45) is 0 Å². The number of rotatable bonds is 2. The van der Waals surface area contributed by atoms with E-state index in [9.17, 15) is 0 Å². The molecule has 108 valence electrons. The van der Waals surface area contributed by atoms with Crippen LogP contribution in [0.25, 0.3) is 23.0 Å². The number of aryl methyl sites for hydroxylation is 1. The smallest absolute Gasteiger partial charge is 0.268 e. The standard InChI is InChI=1S/C16H12N4O2/c1-11-14(18-13(10-17-11)8-5-9-21)16-20-19-15(22-16)12-6-3-2-4-7-12/h2-4,6-7,10,21H,9H2,1H3. The summed E-state index contributed by atoms with van der Waals surface area (Å²) < 4.78 is 5.67. The molecule has 0 amide bonds. The molecule has 1 aromatic carbocycles. The molecule has 6 nitrogen and oxygen atoms in total. The Bertz CT molecular complexity index is 847. The molecule has 0 bridgehead atoms. The second-order valence-corrected chi connectivity index (χ2v) is 4.43. The molecule has 2 heterocycles. The number of nitrogens with zero attached hydrogens (tertiary/aromatic N) is 4. The summed E-state index contributed by atoms with van der Waals surface area (Å²) >= 11 is 0. The van der Waals surface area contributed by atoms with Crippen LogP contribution in [-0.4, -0.2) is 31.9 Å². The van der Waals surface area contributed by atoms with Crippen LogP contribution in [-0.2, 0) is 0 Å². The van der Waals surface area contributed by atoms with Crippen molar-refractivity contribution in [3.63, 3.8) is 0 Å². The van der Waals surface area contributed by atoms with Crippen molar-refractivity contribution in [2.75, 3.05) is 6.61 Å². The number of hydrogen-bond donors (Lipinski definition) is 1. The number of aliphatic hydroxyl groups is 1. The molecule has 0 aliphatic rings. The van der Waals surface area contributed by atoms with Gasteiger partial charge in [-0.1, -0.05) is 24.1 Å². The lowest BCUT2D eigenvalue weighted by Gasteiger charge is -1.99. The van der Waals surface area contributed by atoms with Crippen molar-refractivity contribution in [3.8, 4) is 34.9 Å². The SMILES string of the molecule is Cc1ncc(C#CCO)nc1-c1nnc(-c2ccccc2)o1. The molecule has 0 spiro atoms. The third-order valence-corrected chi connectivity index (χ3v) is 2.90. The molecule has 0 radical (unpaired) electrons. The summed E-state index contributed by atoms with van der Waals surface area (Å²) in [4.78, 5) is 8.56. The van der Waals surface area contributed by atoms with E-state index in [1.807, 2.05) is 30.3 Å². The molecule has 0 atom stereocenters. The Labute approximate surface area is 126 Å². The zero-order valence-corrected chi connectivity index (χ0v) is 11.8. The highest BCUT2D eigenvalue weighted by Gasteiger charge is 2.14. The summed E-state index contributed by atoms with van der Waals surface area (Å²) in [5, 5.41) is 16.8. The highest BCUT2D eigenvalue weighted by molar-refractivity contribution is 5.56. The predicted octanol–water partition coefficient (Wildman–Crippen LogP) is 1.85. The summed E-state index contributed by atoms with van der Waals surface area (Å²) in [6, 6.07) is 9.49. The predicted molar refractivity (Wildman–Crippen MR) is 79.5 cm³/mol. The lowest BCUT2D eigenvalue weighted by molar-refractivity contribution is 0.350. The van der Waals surface area contributed by atoms with Crippen LogP contribution in [0.15, 0.2) is 40.9 Å². The van der Waals surface area contributed by atoms with E-state index in [2.05, 4.69) is 32.0 Å². The van der Waals surface area contributed by atoms with Crippen LogP contribution in [0.3, 0.4) is 0 Å². The molecule has 3 rings (SSSR count). The Morgan fingerprint density at radius 3 is 2.68 bits per heavy atom. The number of benzene rings is 1. The van der Waals surface area contributed by atoms with E-state index in [1.165, 1.54) is 6.20 Å². The quantitative estimate of drug-likeness (QED) is 0.725. The Morgan fingerprint density at radius 1 is 1.14 bits per heavy atom. The lowest BCUT2D eigenvalue weighted by atomic mass is 10.2. The Kier molecular flexibility index (Phi) is 3.90. The highest BCUT2D eigenvalue weighted by atomic mass is 16.4. The van der Waals surface area contributed by atoms with Crippen molar-refractivity contribution < 1.29 is 9.52 Å². The van der Waals surface area contributed by atoms with Gasteiger partial charge < -0.3 is 9.52 Å². The van der Waals surface area contributed by atoms with E-state index < -0.39 is 0 Å². The monoisotopic (exact) mass is 292 g/mol. The maximum Gasteiger partial charge on any atom is 0.268 e. The fourth-order valence-corrected chi connectivity index (χ4v) is 1.86. The fraction of sp³-hybridized carbons (Fsp3) is 0.125. The van der Waals surface area contributed by atoms with Crippen LogP contribution in [0.4, 0.5) is 0 Å². The largest absolute Gasteiger partial charge is 0.415 e. The zero-order valence-electron chi connectivity index (χ0n) is 11.8. The average molecular weight is 292 g/mol. The second-order valence-electron chi connectivity index (χ2n) is 4.43. The van der Waals surface area contributed by atoms with Gasteiger partial charge in [-0.3, -0.25) is 4.98 Å². The van der Waals surface area contributed by atoms with Gasteiger partial charge in [0.2, 0.25) is 5.89 Å². The minimum atomic E-state index is -0.233. The molecule has 0 unspecified atom stereocenters. The molecule has 1 N–H and O–H groups in total. The van der Waals surface area contributed by atoms with Gasteiger partial charge in [-0.2, -0.15) is 0 Å². The first-order chi connectivity index (χ1) is 10.8. The van der Waals surface area contributed by atoms with Crippen LogP contribution in [0.1, 0.15) is 11.4 Å². The summed E-state index contributed by atoms with van der Waals surface area (Å²) in [6.07, 6.45) is 1.54. The van der Waals surface area contributed by atoms with Gasteiger partial charge in [0.25, 0.3) is 5.89 Å². The van der Waals surface area contributed by atoms with Gasteiger partial charge >= 0.3 is 0 Å². The topological polar surface area (TPSA) is 84.9 Å². The molecular weight excluding hydrogens is 280 g/mol. The molecule has 0 saturated carbocycles. The minimum Gasteiger partial charge on any atom is -0.415 e. The summed E-state index contributed by atoms with van der Waals surface area (Å²) in [5.41, 5.74) is 2.43. The van der Waals surface area contributed by atoms with Crippen molar-refractivity contribution in [1.82, 2.24) is 20.2 Å². The van der Waals surface area contributed by atoms with Gasteiger partial charge in [0.05, 0.1) is 11.9 Å². The van der Waals surface area contributed by atoms with E-state index in [0.717, 1.165) is 5.56 Å². The second kappa shape index (κ2) is 6.16. The first-order valence-electron chi connectivity index (χ1n) is 6.60. The van der Waals surface area contributed by atoms with Gasteiger partial charge in [0.1, 0.15) is 18.0 Å². The minimum absolute atomic E-state index is 0.233. The van der Waals surface area contributed by atoms with Gasteiger partial charge in [0.15, 0.2) is 0 Å². The van der Waals surface area contributed by atoms with Crippen molar-refractivity contribution in [3.05, 3.63) is 47.9 Å². The Morgan fingerprint density at radius 2 is 1.91 bits per heavy atom. The highest BCUT2D eigenvalue weighted by Crippen LogP contribution is 2.23. The first kappa shape index (κ1) is 13.9. The summed E-state index contributed by atoms with van der Waals surface area (Å²) in [6.45, 7) is 1.57. The van der Waals surface area contributed by atoms with Gasteiger partial charge in [0, 0.05) is 5.56 Å². The van der Waals surface area contributed by atoms with Crippen molar-refractivity contribution in [2.45, 2.75) is 6.92 Å². The number of aliphatic hydroxyl groups excluding tert-OH is 1. The summed E-state index contributed by atoms with van der Waals surface area (Å²) in [7, 11) is 0. The Hall–Kier alpha value is -3.04. The van der Waals surface area contributed by atoms with E-state index in [4.69, 9.17) is 9.52 Å². The van der Waals surface area contributed by atoms with Crippen molar-refractivity contribution in [1.29, 1.82) is 0 Å². The Balaban J connectivity index is 2.00. The molecule has 2 aromatic heterocycles. The summed E-state index contributed by atoms with van der Waals surface area (Å²) in [5.74, 6) is 5.95. The van der Waals surface area contributed by atoms with E-state index >= 15 is 0 Å². The van der Waals surface area contributed by atoms with Gasteiger partial charge in [-0.25, -0.2) is 4.98 Å². The molecule has 22 heavy (non-hydrogen) atoms.